The Bertz CT molecular complexity index is 675. The van der Waals surface area contributed by atoms with E-state index in [0.29, 0.717) is 37.7 Å². The van der Waals surface area contributed by atoms with Gasteiger partial charge in [-0.15, -0.1) is 0 Å². The Labute approximate surface area is 136 Å². The highest BCUT2D eigenvalue weighted by atomic mass is 32.2. The van der Waals surface area contributed by atoms with Crippen LogP contribution in [0.1, 0.15) is 25.2 Å². The number of amides is 1. The highest BCUT2D eigenvalue weighted by Crippen LogP contribution is 2.24. The minimum atomic E-state index is -3.62. The van der Waals surface area contributed by atoms with Crippen LogP contribution in [0.3, 0.4) is 0 Å². The second-order valence-electron chi connectivity index (χ2n) is 5.90. The zero-order valence-electron chi connectivity index (χ0n) is 14.0. The number of morpholine rings is 1. The van der Waals surface area contributed by atoms with Gasteiger partial charge < -0.3 is 10.1 Å². The standard InChI is InChI=1S/C14H24N4O4S/c1-10(2)15-13(19)9-18-12(4)14(11(3)16-18)23(20,21)17-5-7-22-8-6-17/h10H,5-9H2,1-4H3,(H,15,19). The van der Waals surface area contributed by atoms with Gasteiger partial charge in [-0.05, 0) is 27.7 Å². The molecule has 130 valence electrons. The van der Waals surface area contributed by atoms with Crippen LogP contribution < -0.4 is 5.32 Å². The van der Waals surface area contributed by atoms with Crippen LogP contribution in [0.25, 0.3) is 0 Å². The molecule has 2 heterocycles. The number of rotatable bonds is 5. The van der Waals surface area contributed by atoms with E-state index in [1.807, 2.05) is 13.8 Å². The van der Waals surface area contributed by atoms with Gasteiger partial charge in [0, 0.05) is 19.1 Å². The van der Waals surface area contributed by atoms with Crippen LogP contribution in [0.4, 0.5) is 0 Å². The minimum absolute atomic E-state index is 0.00346. The van der Waals surface area contributed by atoms with Crippen LogP contribution in [-0.2, 0) is 26.1 Å². The fourth-order valence-corrected chi connectivity index (χ4v) is 4.41. The first-order valence-electron chi connectivity index (χ1n) is 7.64. The number of nitrogens with one attached hydrogen (secondary N) is 1. The van der Waals surface area contributed by atoms with Crippen molar-refractivity contribution in [3.63, 3.8) is 0 Å². The Morgan fingerprint density at radius 1 is 1.30 bits per heavy atom. The van der Waals surface area contributed by atoms with Gasteiger partial charge in [0.05, 0.1) is 24.6 Å². The van der Waals surface area contributed by atoms with Crippen LogP contribution in [0.5, 0.6) is 0 Å². The Hall–Kier alpha value is -1.45. The Morgan fingerprint density at radius 3 is 2.48 bits per heavy atom. The highest BCUT2D eigenvalue weighted by Gasteiger charge is 2.32. The van der Waals surface area contributed by atoms with E-state index in [1.54, 1.807) is 13.8 Å². The summed E-state index contributed by atoms with van der Waals surface area (Å²) >= 11 is 0. The molecular weight excluding hydrogens is 320 g/mol. The van der Waals surface area contributed by atoms with Crippen LogP contribution in [0.2, 0.25) is 0 Å². The number of sulfonamides is 1. The molecule has 0 unspecified atom stereocenters. The molecule has 1 fully saturated rings. The van der Waals surface area contributed by atoms with Crippen molar-refractivity contribution in [1.82, 2.24) is 19.4 Å². The molecule has 1 saturated heterocycles. The molecule has 1 amide bonds. The molecule has 1 N–H and O–H groups in total. The molecule has 1 aliphatic heterocycles. The normalized spacial score (nSPS) is 16.7. The van der Waals surface area contributed by atoms with E-state index in [9.17, 15) is 13.2 Å². The SMILES string of the molecule is Cc1nn(CC(=O)NC(C)C)c(C)c1S(=O)(=O)N1CCOCC1. The lowest BCUT2D eigenvalue weighted by molar-refractivity contribution is -0.122. The molecule has 0 aliphatic carbocycles. The van der Waals surface area contributed by atoms with Crippen molar-refractivity contribution < 1.29 is 17.9 Å². The smallest absolute Gasteiger partial charge is 0.246 e. The predicted octanol–water partition coefficient (Wildman–Crippen LogP) is 0.0454. The number of nitrogens with zero attached hydrogens (tertiary/aromatic N) is 3. The molecule has 23 heavy (non-hydrogen) atoms. The first-order chi connectivity index (χ1) is 10.7. The third-order valence-electron chi connectivity index (χ3n) is 3.63. The number of carbonyl (C=O) groups is 1. The molecule has 0 spiro atoms. The number of aromatic nitrogens is 2. The first-order valence-corrected chi connectivity index (χ1v) is 9.08. The minimum Gasteiger partial charge on any atom is -0.379 e. The summed E-state index contributed by atoms with van der Waals surface area (Å²) in [4.78, 5) is 12.1. The maximum atomic E-state index is 12.8. The van der Waals surface area contributed by atoms with Crippen LogP contribution in [-0.4, -0.2) is 60.8 Å². The maximum Gasteiger partial charge on any atom is 0.246 e. The summed E-state index contributed by atoms with van der Waals surface area (Å²) in [5, 5.41) is 7.01. The Balaban J connectivity index is 2.28. The summed E-state index contributed by atoms with van der Waals surface area (Å²) in [6.45, 7) is 8.52. The van der Waals surface area contributed by atoms with Crippen molar-refractivity contribution in [2.24, 2.45) is 0 Å². The lowest BCUT2D eigenvalue weighted by Crippen LogP contribution is -2.41. The highest BCUT2D eigenvalue weighted by molar-refractivity contribution is 7.89. The third kappa shape index (κ3) is 3.91. The third-order valence-corrected chi connectivity index (χ3v) is 5.78. The van der Waals surface area contributed by atoms with E-state index in [-0.39, 0.29) is 23.4 Å². The summed E-state index contributed by atoms with van der Waals surface area (Å²) in [6, 6.07) is 0.0241. The van der Waals surface area contributed by atoms with Gasteiger partial charge in [0.15, 0.2) is 0 Å². The van der Waals surface area contributed by atoms with Crippen molar-refractivity contribution >= 4 is 15.9 Å². The van der Waals surface area contributed by atoms with Crippen LogP contribution in [0.15, 0.2) is 4.90 Å². The summed E-state index contributed by atoms with van der Waals surface area (Å²) in [5.41, 5.74) is 0.888. The fourth-order valence-electron chi connectivity index (χ4n) is 2.63. The van der Waals surface area contributed by atoms with Crippen molar-refractivity contribution in [2.75, 3.05) is 26.3 Å². The van der Waals surface area contributed by atoms with Crippen molar-refractivity contribution in [3.8, 4) is 0 Å². The van der Waals surface area contributed by atoms with Crippen molar-refractivity contribution in [1.29, 1.82) is 0 Å². The largest absolute Gasteiger partial charge is 0.379 e. The second kappa shape index (κ2) is 6.98. The van der Waals surface area contributed by atoms with Gasteiger partial charge in [-0.25, -0.2) is 8.42 Å². The van der Waals surface area contributed by atoms with Gasteiger partial charge in [-0.1, -0.05) is 0 Å². The molecule has 1 aliphatic rings. The molecule has 2 rings (SSSR count). The topological polar surface area (TPSA) is 93.5 Å². The zero-order valence-corrected chi connectivity index (χ0v) is 14.8. The summed E-state index contributed by atoms with van der Waals surface area (Å²) < 4.78 is 33.7. The Morgan fingerprint density at radius 2 is 1.91 bits per heavy atom. The van der Waals surface area contributed by atoms with Crippen LogP contribution in [0, 0.1) is 13.8 Å². The molecule has 9 heteroatoms. The van der Waals surface area contributed by atoms with Crippen LogP contribution >= 0.6 is 0 Å². The molecule has 8 nitrogen and oxygen atoms in total. The predicted molar refractivity (Wildman–Crippen MR) is 84.6 cm³/mol. The van der Waals surface area contributed by atoms with E-state index in [2.05, 4.69) is 10.4 Å². The van der Waals surface area contributed by atoms with E-state index in [0.717, 1.165) is 0 Å². The van der Waals surface area contributed by atoms with Crippen molar-refractivity contribution in [2.45, 2.75) is 45.2 Å². The number of hydrogen-bond donors (Lipinski definition) is 1. The fraction of sp³-hybridized carbons (Fsp3) is 0.714. The maximum absolute atomic E-state index is 12.8. The zero-order chi connectivity index (χ0) is 17.2. The lowest BCUT2D eigenvalue weighted by Gasteiger charge is -2.26. The monoisotopic (exact) mass is 344 g/mol. The Kier molecular flexibility index (Phi) is 5.43. The first kappa shape index (κ1) is 17.9. The lowest BCUT2D eigenvalue weighted by atomic mass is 10.4. The van der Waals surface area contributed by atoms with E-state index in [1.165, 1.54) is 8.99 Å². The van der Waals surface area contributed by atoms with E-state index >= 15 is 0 Å². The quantitative estimate of drug-likeness (QED) is 0.814. The molecule has 0 bridgehead atoms. The number of aryl methyl sites for hydroxylation is 1. The number of hydrogen-bond acceptors (Lipinski definition) is 5. The van der Waals surface area contributed by atoms with Gasteiger partial charge in [0.25, 0.3) is 0 Å². The molecule has 0 radical (unpaired) electrons. The summed E-state index contributed by atoms with van der Waals surface area (Å²) in [7, 11) is -3.62. The molecule has 1 aromatic rings. The molecule has 1 aromatic heterocycles. The summed E-state index contributed by atoms with van der Waals surface area (Å²) in [6.07, 6.45) is 0. The average Bonchev–Trinajstić information content (AvgIpc) is 2.73. The van der Waals surface area contributed by atoms with Gasteiger partial charge in [-0.2, -0.15) is 9.40 Å². The van der Waals surface area contributed by atoms with Gasteiger partial charge >= 0.3 is 0 Å². The second-order valence-corrected chi connectivity index (χ2v) is 7.77. The van der Waals surface area contributed by atoms with Crippen molar-refractivity contribution in [3.05, 3.63) is 11.4 Å². The van der Waals surface area contributed by atoms with E-state index < -0.39 is 10.0 Å². The molecular formula is C14H24N4O4S. The van der Waals surface area contributed by atoms with E-state index in [4.69, 9.17) is 4.74 Å². The molecule has 0 saturated carbocycles. The van der Waals surface area contributed by atoms with Gasteiger partial charge in [0.2, 0.25) is 15.9 Å². The number of carbonyl (C=O) groups excluding carboxylic acids is 1. The molecule has 0 atom stereocenters. The van der Waals surface area contributed by atoms with Gasteiger partial charge in [-0.3, -0.25) is 9.48 Å². The van der Waals surface area contributed by atoms with Gasteiger partial charge in [0.1, 0.15) is 11.4 Å². The number of ether oxygens (including phenoxy) is 1. The average molecular weight is 344 g/mol. The molecule has 0 aromatic carbocycles. The summed E-state index contributed by atoms with van der Waals surface area (Å²) in [5.74, 6) is -0.194.